The van der Waals surface area contributed by atoms with Gasteiger partial charge in [0.05, 0.1) is 31.5 Å². The molecule has 1 aliphatic heterocycles. The van der Waals surface area contributed by atoms with Gasteiger partial charge in [0.1, 0.15) is 17.3 Å². The van der Waals surface area contributed by atoms with Gasteiger partial charge in [0, 0.05) is 11.1 Å². The van der Waals surface area contributed by atoms with E-state index in [1.807, 2.05) is 57.2 Å². The van der Waals surface area contributed by atoms with Crippen LogP contribution in [0.3, 0.4) is 0 Å². The largest absolute Gasteiger partial charge is 0.507 e. The third-order valence-electron chi connectivity index (χ3n) is 5.84. The van der Waals surface area contributed by atoms with E-state index in [1.54, 1.807) is 31.4 Å². The number of nitrogens with zero attached hydrogens (tertiary/aromatic N) is 1. The van der Waals surface area contributed by atoms with Crippen LogP contribution < -0.4 is 4.74 Å². The topological polar surface area (TPSA) is 80.0 Å². The molecule has 6 heteroatoms. The molecule has 1 saturated heterocycles. The highest BCUT2D eigenvalue weighted by atomic mass is 16.5. The summed E-state index contributed by atoms with van der Waals surface area (Å²) in [6, 6.07) is 17.3. The Morgan fingerprint density at radius 2 is 1.79 bits per heavy atom. The minimum absolute atomic E-state index is 0.0581. The Hall–Kier alpha value is -3.80. The summed E-state index contributed by atoms with van der Waals surface area (Å²) in [6.07, 6.45) is 1.52. The van der Waals surface area contributed by atoms with Crippen LogP contribution in [0.15, 0.2) is 76.9 Å². The highest BCUT2D eigenvalue weighted by Crippen LogP contribution is 2.41. The van der Waals surface area contributed by atoms with Gasteiger partial charge in [-0.05, 0) is 41.3 Å². The fraction of sp³-hybridized carbons (Fsp3) is 0.259. The van der Waals surface area contributed by atoms with Crippen molar-refractivity contribution < 1.29 is 23.8 Å². The first kappa shape index (κ1) is 22.4. The number of carbonyl (C=O) groups is 2. The van der Waals surface area contributed by atoms with Crippen LogP contribution in [-0.2, 0) is 21.5 Å². The van der Waals surface area contributed by atoms with E-state index >= 15 is 0 Å². The second kappa shape index (κ2) is 8.62. The molecule has 33 heavy (non-hydrogen) atoms. The molecule has 0 spiro atoms. The number of Topliss-reactive ketones (excluding diaryl/α,β-unsaturated/α-hetero) is 1. The molecule has 2 aromatic carbocycles. The molecule has 1 unspecified atom stereocenters. The number of likely N-dealkylation sites (tertiary alicyclic amines) is 1. The number of hydrogen-bond acceptors (Lipinski definition) is 5. The lowest BCUT2D eigenvalue weighted by Gasteiger charge is -2.25. The Kier molecular flexibility index (Phi) is 5.85. The number of aliphatic hydroxyl groups is 1. The van der Waals surface area contributed by atoms with Gasteiger partial charge in [0.15, 0.2) is 0 Å². The number of carbonyl (C=O) groups excluding carboxylic acids is 2. The van der Waals surface area contributed by atoms with Crippen LogP contribution in [0.5, 0.6) is 5.75 Å². The van der Waals surface area contributed by atoms with Crippen LogP contribution >= 0.6 is 0 Å². The highest BCUT2D eigenvalue weighted by Gasteiger charge is 2.46. The van der Waals surface area contributed by atoms with Crippen LogP contribution in [0.2, 0.25) is 0 Å². The number of methoxy groups -OCH3 is 1. The average Bonchev–Trinajstić information content (AvgIpc) is 3.40. The predicted molar refractivity (Wildman–Crippen MR) is 125 cm³/mol. The molecule has 0 aliphatic carbocycles. The van der Waals surface area contributed by atoms with E-state index in [-0.39, 0.29) is 23.3 Å². The molecule has 0 radical (unpaired) electrons. The van der Waals surface area contributed by atoms with Crippen molar-refractivity contribution in [1.29, 1.82) is 0 Å². The molecule has 1 aromatic heterocycles. The molecule has 1 atom stereocenters. The Morgan fingerprint density at radius 3 is 2.39 bits per heavy atom. The number of furan rings is 1. The Balaban J connectivity index is 1.88. The smallest absolute Gasteiger partial charge is 0.296 e. The first-order valence-electron chi connectivity index (χ1n) is 10.8. The molecule has 3 aromatic rings. The molecule has 170 valence electrons. The van der Waals surface area contributed by atoms with Crippen molar-refractivity contribution in [3.63, 3.8) is 0 Å². The summed E-state index contributed by atoms with van der Waals surface area (Å²) in [5, 5.41) is 11.4. The van der Waals surface area contributed by atoms with Crippen LogP contribution in [-0.4, -0.2) is 28.8 Å². The zero-order chi connectivity index (χ0) is 23.8. The fourth-order valence-corrected chi connectivity index (χ4v) is 4.19. The number of ether oxygens (including phenoxy) is 1. The van der Waals surface area contributed by atoms with Gasteiger partial charge in [0.25, 0.3) is 11.7 Å². The van der Waals surface area contributed by atoms with Gasteiger partial charge in [-0.15, -0.1) is 0 Å². The first-order valence-corrected chi connectivity index (χ1v) is 10.8. The van der Waals surface area contributed by atoms with E-state index in [0.717, 1.165) is 11.1 Å². The molecule has 1 fully saturated rings. The zero-order valence-electron chi connectivity index (χ0n) is 19.2. The molecular formula is C27H27NO5. The lowest BCUT2D eigenvalue weighted by atomic mass is 9.84. The van der Waals surface area contributed by atoms with Crippen molar-refractivity contribution in [3.8, 4) is 5.75 Å². The molecule has 1 N–H and O–H groups in total. The standard InChI is InChI=1S/C27H27NO5/c1-27(2,3)20-15-18(12-13-21(20)32-4)24(29)22-23(17-9-6-5-7-10-17)28(26(31)25(22)30)16-19-11-8-14-33-19/h5-15,23,29H,16H2,1-4H3/b24-22-. The van der Waals surface area contributed by atoms with Crippen molar-refractivity contribution in [3.05, 3.63) is 95.0 Å². The van der Waals surface area contributed by atoms with E-state index in [1.165, 1.54) is 11.2 Å². The van der Waals surface area contributed by atoms with Crippen molar-refractivity contribution in [2.45, 2.75) is 38.8 Å². The Labute approximate surface area is 193 Å². The third kappa shape index (κ3) is 4.16. The Morgan fingerprint density at radius 1 is 1.06 bits per heavy atom. The van der Waals surface area contributed by atoms with Crippen LogP contribution in [0.4, 0.5) is 0 Å². The number of benzene rings is 2. The molecule has 0 saturated carbocycles. The van der Waals surface area contributed by atoms with Gasteiger partial charge in [-0.2, -0.15) is 0 Å². The van der Waals surface area contributed by atoms with Crippen LogP contribution in [0.25, 0.3) is 5.76 Å². The average molecular weight is 446 g/mol. The monoisotopic (exact) mass is 445 g/mol. The molecular weight excluding hydrogens is 418 g/mol. The minimum atomic E-state index is -0.739. The van der Waals surface area contributed by atoms with Crippen molar-refractivity contribution in [1.82, 2.24) is 4.90 Å². The van der Waals surface area contributed by atoms with Gasteiger partial charge in [-0.1, -0.05) is 51.1 Å². The quantitative estimate of drug-likeness (QED) is 0.331. The Bertz CT molecular complexity index is 1200. The normalized spacial score (nSPS) is 18.1. The van der Waals surface area contributed by atoms with Crippen molar-refractivity contribution in [2.75, 3.05) is 7.11 Å². The van der Waals surface area contributed by atoms with E-state index in [0.29, 0.717) is 17.1 Å². The van der Waals surface area contributed by atoms with E-state index in [2.05, 4.69) is 0 Å². The highest BCUT2D eigenvalue weighted by molar-refractivity contribution is 6.46. The molecule has 1 amide bonds. The number of amides is 1. The van der Waals surface area contributed by atoms with Crippen LogP contribution in [0.1, 0.15) is 49.3 Å². The summed E-state index contributed by atoms with van der Waals surface area (Å²) >= 11 is 0. The summed E-state index contributed by atoms with van der Waals surface area (Å²) in [7, 11) is 1.60. The molecule has 1 aliphatic rings. The molecule has 0 bridgehead atoms. The summed E-state index contributed by atoms with van der Waals surface area (Å²) in [5.41, 5.74) is 1.87. The maximum Gasteiger partial charge on any atom is 0.296 e. The molecule has 4 rings (SSSR count). The predicted octanol–water partition coefficient (Wildman–Crippen LogP) is 5.21. The number of rotatable bonds is 5. The first-order chi connectivity index (χ1) is 15.7. The summed E-state index contributed by atoms with van der Waals surface area (Å²) in [4.78, 5) is 27.7. The van der Waals surface area contributed by atoms with E-state index in [4.69, 9.17) is 9.15 Å². The van der Waals surface area contributed by atoms with Crippen molar-refractivity contribution >= 4 is 17.4 Å². The number of hydrogen-bond donors (Lipinski definition) is 1. The second-order valence-electron chi connectivity index (χ2n) is 9.08. The third-order valence-corrected chi connectivity index (χ3v) is 5.84. The fourth-order valence-electron chi connectivity index (χ4n) is 4.19. The summed E-state index contributed by atoms with van der Waals surface area (Å²) in [6.45, 7) is 6.24. The second-order valence-corrected chi connectivity index (χ2v) is 9.08. The maximum absolute atomic E-state index is 13.2. The van der Waals surface area contributed by atoms with Gasteiger partial charge in [-0.25, -0.2) is 0 Å². The lowest BCUT2D eigenvalue weighted by Crippen LogP contribution is -2.29. The van der Waals surface area contributed by atoms with E-state index in [9.17, 15) is 14.7 Å². The number of aliphatic hydroxyl groups excluding tert-OH is 1. The minimum Gasteiger partial charge on any atom is -0.507 e. The number of ketones is 1. The van der Waals surface area contributed by atoms with E-state index < -0.39 is 17.7 Å². The van der Waals surface area contributed by atoms with Crippen molar-refractivity contribution in [2.24, 2.45) is 0 Å². The van der Waals surface area contributed by atoms with Gasteiger partial charge in [0.2, 0.25) is 0 Å². The van der Waals surface area contributed by atoms with Gasteiger partial charge >= 0.3 is 0 Å². The SMILES string of the molecule is COc1ccc(/C(O)=C2/C(=O)C(=O)N(Cc3ccco3)C2c2ccccc2)cc1C(C)(C)C. The van der Waals surface area contributed by atoms with Gasteiger partial charge < -0.3 is 19.2 Å². The summed E-state index contributed by atoms with van der Waals surface area (Å²) in [5.74, 6) is -0.362. The summed E-state index contributed by atoms with van der Waals surface area (Å²) < 4.78 is 10.9. The molecule has 6 nitrogen and oxygen atoms in total. The molecule has 2 heterocycles. The van der Waals surface area contributed by atoms with Gasteiger partial charge in [-0.3, -0.25) is 9.59 Å². The van der Waals surface area contributed by atoms with Crippen LogP contribution in [0, 0.1) is 0 Å². The zero-order valence-corrected chi connectivity index (χ0v) is 19.2. The maximum atomic E-state index is 13.2. The lowest BCUT2D eigenvalue weighted by molar-refractivity contribution is -0.140.